The Labute approximate surface area is 105 Å². The third-order valence-corrected chi connectivity index (χ3v) is 3.31. The molecule has 1 aliphatic heterocycles. The number of hydrogen-bond donors (Lipinski definition) is 1. The lowest BCUT2D eigenvalue weighted by molar-refractivity contribution is -0.141. The van der Waals surface area contributed by atoms with Crippen LogP contribution in [0.2, 0.25) is 0 Å². The average Bonchev–Trinajstić information content (AvgIpc) is 2.74. The predicted octanol–water partition coefficient (Wildman–Crippen LogP) is 0.560. The Morgan fingerprint density at radius 1 is 1.61 bits per heavy atom. The highest BCUT2D eigenvalue weighted by molar-refractivity contribution is 8.14. The molecule has 2 heterocycles. The fraction of sp³-hybridized carbons (Fsp3) is 0.300. The molecular weight excluding hydrogens is 262 g/mol. The Morgan fingerprint density at radius 3 is 2.94 bits per heavy atom. The zero-order valence-corrected chi connectivity index (χ0v) is 10.1. The molecule has 1 atom stereocenters. The fourth-order valence-electron chi connectivity index (χ4n) is 1.50. The molecule has 1 unspecified atom stereocenters. The first-order valence-corrected chi connectivity index (χ1v) is 5.88. The van der Waals surface area contributed by atoms with E-state index in [1.807, 2.05) is 0 Å². The molecule has 1 saturated heterocycles. The van der Waals surface area contributed by atoms with Crippen molar-refractivity contribution in [2.45, 2.75) is 6.04 Å². The summed E-state index contributed by atoms with van der Waals surface area (Å²) in [5.41, 5.74) is -0.690. The molecular formula is C10H9NO6S. The summed E-state index contributed by atoms with van der Waals surface area (Å²) in [5.74, 6) is -1.03. The Morgan fingerprint density at radius 2 is 2.33 bits per heavy atom. The Balaban J connectivity index is 2.39. The van der Waals surface area contributed by atoms with Crippen LogP contribution < -0.4 is 10.3 Å². The summed E-state index contributed by atoms with van der Waals surface area (Å²) in [4.78, 5) is 35.5. The van der Waals surface area contributed by atoms with Crippen molar-refractivity contribution in [2.24, 2.45) is 0 Å². The molecule has 96 valence electrons. The maximum Gasteiger partial charge on any atom is 0.330 e. The fourth-order valence-corrected chi connectivity index (χ4v) is 2.44. The van der Waals surface area contributed by atoms with Gasteiger partial charge in [0, 0.05) is 5.75 Å². The van der Waals surface area contributed by atoms with Crippen LogP contribution in [-0.4, -0.2) is 35.2 Å². The van der Waals surface area contributed by atoms with Crippen LogP contribution in [0.5, 0.6) is 5.75 Å². The maximum atomic E-state index is 11.7. The predicted molar refractivity (Wildman–Crippen MR) is 62.8 cm³/mol. The van der Waals surface area contributed by atoms with Crippen molar-refractivity contribution in [3.05, 3.63) is 22.6 Å². The number of anilines is 1. The van der Waals surface area contributed by atoms with E-state index in [4.69, 9.17) is 9.52 Å². The van der Waals surface area contributed by atoms with E-state index in [9.17, 15) is 14.4 Å². The van der Waals surface area contributed by atoms with Gasteiger partial charge in [-0.15, -0.1) is 0 Å². The second-order valence-electron chi connectivity index (χ2n) is 3.45. The summed E-state index contributed by atoms with van der Waals surface area (Å²) in [6.07, 6.45) is 0.822. The van der Waals surface area contributed by atoms with Gasteiger partial charge in [0.1, 0.15) is 12.3 Å². The minimum atomic E-state index is -0.833. The Hall–Kier alpha value is -1.96. The minimum Gasteiger partial charge on any atom is -0.502 e. The van der Waals surface area contributed by atoms with E-state index in [0.717, 1.165) is 29.0 Å². The van der Waals surface area contributed by atoms with Crippen molar-refractivity contribution in [1.29, 1.82) is 0 Å². The molecule has 0 bridgehead atoms. The van der Waals surface area contributed by atoms with Gasteiger partial charge in [-0.3, -0.25) is 14.5 Å². The number of thioether (sulfide) groups is 1. The van der Waals surface area contributed by atoms with Crippen LogP contribution in [0.1, 0.15) is 0 Å². The number of methoxy groups -OCH3 is 1. The molecule has 1 fully saturated rings. The summed E-state index contributed by atoms with van der Waals surface area (Å²) < 4.78 is 9.52. The third-order valence-electron chi connectivity index (χ3n) is 2.38. The molecule has 2 rings (SSSR count). The standard InChI is InChI=1S/C10H9NO6S/c1-16-9(14)5-4-18-10(15)11(5)8-2-6(12)7(13)3-17-8/h2-3,5,13H,4H2,1H3. The summed E-state index contributed by atoms with van der Waals surface area (Å²) in [6.45, 7) is 0. The van der Waals surface area contributed by atoms with Crippen LogP contribution in [0, 0.1) is 0 Å². The monoisotopic (exact) mass is 271 g/mol. The third kappa shape index (κ3) is 2.06. The molecule has 0 aromatic carbocycles. The summed E-state index contributed by atoms with van der Waals surface area (Å²) in [7, 11) is 1.21. The Bertz CT molecular complexity index is 554. The topological polar surface area (TPSA) is 97.1 Å². The molecule has 0 spiro atoms. The number of carbonyl (C=O) groups is 2. The molecule has 18 heavy (non-hydrogen) atoms. The second kappa shape index (κ2) is 4.73. The first kappa shape index (κ1) is 12.5. The zero-order valence-electron chi connectivity index (χ0n) is 9.28. The van der Waals surface area contributed by atoms with Gasteiger partial charge in [-0.2, -0.15) is 0 Å². The molecule has 1 N–H and O–H groups in total. The number of nitrogens with zero attached hydrogens (tertiary/aromatic N) is 1. The number of esters is 1. The number of carbonyl (C=O) groups excluding carboxylic acids is 2. The second-order valence-corrected chi connectivity index (χ2v) is 4.42. The van der Waals surface area contributed by atoms with E-state index in [0.29, 0.717) is 0 Å². The lowest BCUT2D eigenvalue weighted by Crippen LogP contribution is -2.40. The zero-order chi connectivity index (χ0) is 13.3. The molecule has 1 aliphatic rings. The number of amides is 1. The van der Waals surface area contributed by atoms with Gasteiger partial charge in [0.05, 0.1) is 13.2 Å². The van der Waals surface area contributed by atoms with Gasteiger partial charge in [0.25, 0.3) is 5.24 Å². The lowest BCUT2D eigenvalue weighted by atomic mass is 10.3. The van der Waals surface area contributed by atoms with Gasteiger partial charge in [0.15, 0.2) is 5.75 Å². The van der Waals surface area contributed by atoms with Crippen molar-refractivity contribution in [3.8, 4) is 5.75 Å². The molecule has 0 radical (unpaired) electrons. The molecule has 8 heteroatoms. The molecule has 1 aromatic rings. The summed E-state index contributed by atoms with van der Waals surface area (Å²) in [5, 5.41) is 8.65. The molecule has 1 amide bonds. The smallest absolute Gasteiger partial charge is 0.330 e. The minimum absolute atomic E-state index is 0.0943. The van der Waals surface area contributed by atoms with Crippen molar-refractivity contribution in [3.63, 3.8) is 0 Å². The molecule has 0 aliphatic carbocycles. The first-order valence-electron chi connectivity index (χ1n) is 4.90. The molecule has 7 nitrogen and oxygen atoms in total. The highest BCUT2D eigenvalue weighted by atomic mass is 32.2. The van der Waals surface area contributed by atoms with Gasteiger partial charge in [-0.25, -0.2) is 4.79 Å². The van der Waals surface area contributed by atoms with Crippen molar-refractivity contribution in [2.75, 3.05) is 17.8 Å². The van der Waals surface area contributed by atoms with E-state index in [-0.39, 0.29) is 11.6 Å². The van der Waals surface area contributed by atoms with Crippen LogP contribution in [0.15, 0.2) is 21.5 Å². The Kier molecular flexibility index (Phi) is 3.28. The number of ether oxygens (including phenoxy) is 1. The van der Waals surface area contributed by atoms with E-state index < -0.39 is 28.4 Å². The summed E-state index contributed by atoms with van der Waals surface area (Å²) in [6, 6.07) is 0.120. The highest BCUT2D eigenvalue weighted by Crippen LogP contribution is 2.30. The molecule has 0 saturated carbocycles. The van der Waals surface area contributed by atoms with Crippen LogP contribution in [0.3, 0.4) is 0 Å². The van der Waals surface area contributed by atoms with E-state index >= 15 is 0 Å². The number of rotatable bonds is 2. The van der Waals surface area contributed by atoms with Crippen LogP contribution in [0.25, 0.3) is 0 Å². The van der Waals surface area contributed by atoms with Gasteiger partial charge in [0.2, 0.25) is 11.3 Å². The summed E-state index contributed by atoms with van der Waals surface area (Å²) >= 11 is 0.924. The van der Waals surface area contributed by atoms with Crippen LogP contribution in [0.4, 0.5) is 10.7 Å². The van der Waals surface area contributed by atoms with Crippen LogP contribution in [-0.2, 0) is 9.53 Å². The number of hydrogen-bond acceptors (Lipinski definition) is 7. The van der Waals surface area contributed by atoms with E-state index in [1.54, 1.807) is 0 Å². The maximum absolute atomic E-state index is 11.7. The first-order chi connectivity index (χ1) is 8.54. The lowest BCUT2D eigenvalue weighted by Gasteiger charge is -2.19. The largest absolute Gasteiger partial charge is 0.502 e. The van der Waals surface area contributed by atoms with Gasteiger partial charge in [-0.05, 0) is 0 Å². The molecule has 1 aromatic heterocycles. The average molecular weight is 271 g/mol. The van der Waals surface area contributed by atoms with E-state index in [1.165, 1.54) is 7.11 Å². The van der Waals surface area contributed by atoms with Gasteiger partial charge < -0.3 is 14.3 Å². The normalized spacial score (nSPS) is 19.1. The number of aromatic hydroxyl groups is 1. The van der Waals surface area contributed by atoms with E-state index in [2.05, 4.69) is 4.74 Å². The highest BCUT2D eigenvalue weighted by Gasteiger charge is 2.40. The van der Waals surface area contributed by atoms with Gasteiger partial charge >= 0.3 is 5.97 Å². The van der Waals surface area contributed by atoms with Crippen molar-refractivity contribution < 1.29 is 23.8 Å². The van der Waals surface area contributed by atoms with Gasteiger partial charge in [-0.1, -0.05) is 11.8 Å². The SMILES string of the molecule is COC(=O)C1CSC(=O)N1c1cc(=O)c(O)co1. The van der Waals surface area contributed by atoms with Crippen LogP contribution >= 0.6 is 11.8 Å². The van der Waals surface area contributed by atoms with Crippen molar-refractivity contribution in [1.82, 2.24) is 0 Å². The quantitative estimate of drug-likeness (QED) is 0.785. The van der Waals surface area contributed by atoms with Crippen molar-refractivity contribution >= 4 is 28.9 Å².